The average Bonchev–Trinajstić information content (AvgIpc) is 3.45. The second-order valence-corrected chi connectivity index (χ2v) is 12.4. The number of nitrogens with zero attached hydrogens (tertiary/aromatic N) is 6. The van der Waals surface area contributed by atoms with Crippen LogP contribution in [0.3, 0.4) is 0 Å². The number of aromatic nitrogens is 4. The van der Waals surface area contributed by atoms with Gasteiger partial charge in [-0.05, 0) is 37.8 Å². The normalized spacial score (nSPS) is 19.6. The maximum Gasteiger partial charge on any atom is 0.474 e. The molecule has 41 heavy (non-hydrogen) atoms. The molecule has 3 aromatic rings. The number of carbonyl (C=O) groups is 1. The lowest BCUT2D eigenvalue weighted by Crippen LogP contribution is -2.36. The number of amides is 1. The van der Waals surface area contributed by atoms with Crippen LogP contribution in [0.25, 0.3) is 22.3 Å². The second kappa shape index (κ2) is 12.3. The van der Waals surface area contributed by atoms with Crippen LogP contribution in [0.2, 0.25) is 0 Å². The van der Waals surface area contributed by atoms with Gasteiger partial charge in [0.25, 0.3) is 0 Å². The van der Waals surface area contributed by atoms with E-state index in [0.717, 1.165) is 31.2 Å². The Hall–Kier alpha value is -3.30. The van der Waals surface area contributed by atoms with Crippen LogP contribution in [0.1, 0.15) is 31.9 Å². The Morgan fingerprint density at radius 3 is 2.73 bits per heavy atom. The molecular weight excluding hydrogens is 565 g/mol. The molecular formula is C26H31F3N6O5S. The van der Waals surface area contributed by atoms with Crippen molar-refractivity contribution in [3.05, 3.63) is 30.6 Å². The summed E-state index contributed by atoms with van der Waals surface area (Å²) in [7, 11) is -3.38. The van der Waals surface area contributed by atoms with Gasteiger partial charge in [0.1, 0.15) is 22.8 Å². The van der Waals surface area contributed by atoms with Crippen molar-refractivity contribution >= 4 is 32.4 Å². The topological polar surface area (TPSA) is 121 Å². The third kappa shape index (κ3) is 6.96. The number of anilines is 1. The number of pyridine rings is 2. The Labute approximate surface area is 235 Å². The zero-order valence-electron chi connectivity index (χ0n) is 22.5. The monoisotopic (exact) mass is 596 g/mol. The largest absolute Gasteiger partial charge is 0.493 e. The number of rotatable bonds is 8. The minimum Gasteiger partial charge on any atom is -0.493 e. The van der Waals surface area contributed by atoms with Gasteiger partial charge in [0.15, 0.2) is 6.23 Å². The Morgan fingerprint density at radius 2 is 2.00 bits per heavy atom. The molecule has 11 nitrogen and oxygen atoms in total. The minimum absolute atomic E-state index is 0.0354. The minimum atomic E-state index is -5.16. The van der Waals surface area contributed by atoms with Crippen LogP contribution < -0.4 is 9.64 Å². The van der Waals surface area contributed by atoms with Gasteiger partial charge in [0.2, 0.25) is 0 Å². The molecule has 2 aliphatic heterocycles. The lowest BCUT2D eigenvalue weighted by molar-refractivity contribution is -0.169. The first-order chi connectivity index (χ1) is 19.6. The zero-order valence-corrected chi connectivity index (χ0v) is 23.3. The SMILES string of the molecule is CS(=O)(CCCOc1cc(N2CCOCC2)nc2c(-c3ccnn3C3CCCCO3)nccc12)=NC(=O)C(F)(F)F. The number of hydrogen-bond donors (Lipinski definition) is 0. The van der Waals surface area contributed by atoms with E-state index in [0.29, 0.717) is 61.1 Å². The second-order valence-electron chi connectivity index (χ2n) is 9.88. The van der Waals surface area contributed by atoms with Crippen LogP contribution in [-0.2, 0) is 24.0 Å². The molecule has 0 radical (unpaired) electrons. The molecule has 222 valence electrons. The van der Waals surface area contributed by atoms with Crippen LogP contribution in [0.5, 0.6) is 5.75 Å². The Kier molecular flexibility index (Phi) is 8.75. The fourth-order valence-corrected chi connectivity index (χ4v) is 6.00. The first-order valence-corrected chi connectivity index (χ1v) is 15.4. The molecule has 2 fully saturated rings. The van der Waals surface area contributed by atoms with Crippen LogP contribution in [0, 0.1) is 0 Å². The summed E-state index contributed by atoms with van der Waals surface area (Å²) in [6, 6.07) is 5.45. The van der Waals surface area contributed by atoms with E-state index in [-0.39, 0.29) is 25.0 Å². The molecule has 0 saturated carbocycles. The molecule has 2 aliphatic rings. The van der Waals surface area contributed by atoms with Gasteiger partial charge in [-0.1, -0.05) is 0 Å². The quantitative estimate of drug-likeness (QED) is 0.356. The Morgan fingerprint density at radius 1 is 1.20 bits per heavy atom. The van der Waals surface area contributed by atoms with Crippen molar-refractivity contribution in [3.63, 3.8) is 0 Å². The van der Waals surface area contributed by atoms with E-state index in [2.05, 4.69) is 19.3 Å². The molecule has 2 atom stereocenters. The standard InChI is InChI=1S/C26H31F3N6O5S/c1-41(37,33-25(36)26(27,28)29)16-4-13-39-20-17-21(34-10-14-38-15-11-34)32-23-18(20)6-8-30-24(23)19-7-9-31-35(19)22-5-2-3-12-40-22/h6-9,17,22H,2-5,10-16H2,1H3. The van der Waals surface area contributed by atoms with E-state index < -0.39 is 21.8 Å². The summed E-state index contributed by atoms with van der Waals surface area (Å²) in [6.07, 6.45) is 2.01. The highest BCUT2D eigenvalue weighted by Gasteiger charge is 2.39. The number of ether oxygens (including phenoxy) is 3. The third-order valence-corrected chi connectivity index (χ3v) is 8.39. The first kappa shape index (κ1) is 29.2. The van der Waals surface area contributed by atoms with Crippen LogP contribution in [0.15, 0.2) is 35.0 Å². The molecule has 0 bridgehead atoms. The average molecular weight is 597 g/mol. The number of halogens is 3. The summed E-state index contributed by atoms with van der Waals surface area (Å²) in [5.41, 5.74) is 1.95. The summed E-state index contributed by atoms with van der Waals surface area (Å²) < 4.78 is 72.4. The molecule has 0 aliphatic carbocycles. The summed E-state index contributed by atoms with van der Waals surface area (Å²) in [4.78, 5) is 22.9. The molecule has 0 N–H and O–H groups in total. The molecule has 0 aromatic carbocycles. The van der Waals surface area contributed by atoms with Gasteiger partial charge in [0.05, 0.1) is 35.2 Å². The molecule has 1 amide bonds. The fourth-order valence-electron chi connectivity index (χ4n) is 4.80. The fraction of sp³-hybridized carbons (Fsp3) is 0.538. The Bertz CT molecular complexity index is 1510. The van der Waals surface area contributed by atoms with E-state index in [4.69, 9.17) is 19.2 Å². The van der Waals surface area contributed by atoms with Gasteiger partial charge < -0.3 is 19.1 Å². The van der Waals surface area contributed by atoms with Crippen molar-refractivity contribution < 1.29 is 36.4 Å². The van der Waals surface area contributed by atoms with E-state index in [1.807, 2.05) is 10.7 Å². The lowest BCUT2D eigenvalue weighted by atomic mass is 10.1. The lowest BCUT2D eigenvalue weighted by Gasteiger charge is -2.28. The first-order valence-electron chi connectivity index (χ1n) is 13.3. The molecule has 2 unspecified atom stereocenters. The zero-order chi connectivity index (χ0) is 29.0. The van der Waals surface area contributed by atoms with E-state index in [1.165, 1.54) is 0 Å². The van der Waals surface area contributed by atoms with Gasteiger partial charge in [0, 0.05) is 55.6 Å². The Balaban J connectivity index is 1.45. The maximum absolute atomic E-state index is 12.6. The van der Waals surface area contributed by atoms with Crippen molar-refractivity contribution in [3.8, 4) is 17.1 Å². The predicted octanol–water partition coefficient (Wildman–Crippen LogP) is 3.98. The number of carbonyl (C=O) groups excluding carboxylic acids is 1. The van der Waals surface area contributed by atoms with Crippen LogP contribution >= 0.6 is 0 Å². The van der Waals surface area contributed by atoms with Crippen LogP contribution in [-0.4, -0.2) is 87.6 Å². The highest BCUT2D eigenvalue weighted by atomic mass is 32.2. The summed E-state index contributed by atoms with van der Waals surface area (Å²) in [6.45, 7) is 3.06. The maximum atomic E-state index is 12.6. The number of alkyl halides is 3. The highest BCUT2D eigenvalue weighted by Crippen LogP contribution is 2.36. The molecule has 2 saturated heterocycles. The molecule has 3 aromatic heterocycles. The van der Waals surface area contributed by atoms with Crippen LogP contribution in [0.4, 0.5) is 19.0 Å². The van der Waals surface area contributed by atoms with Crippen molar-refractivity contribution in [2.45, 2.75) is 38.1 Å². The van der Waals surface area contributed by atoms with Crippen molar-refractivity contribution in [1.29, 1.82) is 0 Å². The number of fused-ring (bicyclic) bond motifs is 1. The van der Waals surface area contributed by atoms with Gasteiger partial charge in [-0.25, -0.2) is 13.9 Å². The van der Waals surface area contributed by atoms with Gasteiger partial charge in [-0.15, -0.1) is 0 Å². The molecule has 15 heteroatoms. The molecule has 0 spiro atoms. The van der Waals surface area contributed by atoms with E-state index >= 15 is 0 Å². The number of hydrogen-bond acceptors (Lipinski definition) is 9. The van der Waals surface area contributed by atoms with Gasteiger partial charge in [-0.2, -0.15) is 22.6 Å². The van der Waals surface area contributed by atoms with Crippen molar-refractivity contribution in [1.82, 2.24) is 19.7 Å². The van der Waals surface area contributed by atoms with E-state index in [9.17, 15) is 22.2 Å². The molecule has 5 rings (SSSR count). The van der Waals surface area contributed by atoms with Gasteiger partial charge in [-0.3, -0.25) is 9.78 Å². The number of morpholine rings is 1. The molecule has 5 heterocycles. The third-order valence-electron chi connectivity index (χ3n) is 6.80. The predicted molar refractivity (Wildman–Crippen MR) is 145 cm³/mol. The van der Waals surface area contributed by atoms with Gasteiger partial charge >= 0.3 is 12.1 Å². The summed E-state index contributed by atoms with van der Waals surface area (Å²) in [5.74, 6) is -1.43. The smallest absolute Gasteiger partial charge is 0.474 e. The van der Waals surface area contributed by atoms with E-state index in [1.54, 1.807) is 24.5 Å². The van der Waals surface area contributed by atoms with Crippen molar-refractivity contribution in [2.24, 2.45) is 4.36 Å². The van der Waals surface area contributed by atoms with Crippen molar-refractivity contribution in [2.75, 3.05) is 56.4 Å². The summed E-state index contributed by atoms with van der Waals surface area (Å²) >= 11 is 0. The summed E-state index contributed by atoms with van der Waals surface area (Å²) in [5, 5.41) is 5.19. The highest BCUT2D eigenvalue weighted by molar-refractivity contribution is 7.93.